The van der Waals surface area contributed by atoms with Crippen molar-refractivity contribution in [3.05, 3.63) is 87.2 Å². The van der Waals surface area contributed by atoms with Crippen LogP contribution >= 0.6 is 0 Å². The molecule has 0 aliphatic heterocycles. The SMILES string of the molecule is CCOC(=O)c1c(C)[nH]c(-c2cc3ccccc3nc2Oc2ccc(F)c(F)c2C)cc1=O. The van der Waals surface area contributed by atoms with E-state index in [1.54, 1.807) is 26.0 Å². The second kappa shape index (κ2) is 8.82. The van der Waals surface area contributed by atoms with Crippen molar-refractivity contribution in [3.63, 3.8) is 0 Å². The zero-order valence-electron chi connectivity index (χ0n) is 18.2. The van der Waals surface area contributed by atoms with Gasteiger partial charge in [-0.1, -0.05) is 18.2 Å². The first-order valence-electron chi connectivity index (χ1n) is 10.2. The first kappa shape index (κ1) is 22.1. The van der Waals surface area contributed by atoms with E-state index >= 15 is 0 Å². The Balaban J connectivity index is 1.90. The number of nitrogens with one attached hydrogen (secondary N) is 1. The summed E-state index contributed by atoms with van der Waals surface area (Å²) in [5, 5.41) is 0.773. The summed E-state index contributed by atoms with van der Waals surface area (Å²) in [6.07, 6.45) is 0. The molecule has 2 aromatic heterocycles. The Bertz CT molecular complexity index is 1450. The van der Waals surface area contributed by atoms with Crippen molar-refractivity contribution in [2.24, 2.45) is 0 Å². The number of pyridine rings is 2. The molecule has 0 aliphatic carbocycles. The summed E-state index contributed by atoms with van der Waals surface area (Å²) in [5.41, 5.74) is 1.06. The highest BCUT2D eigenvalue weighted by Gasteiger charge is 2.20. The highest BCUT2D eigenvalue weighted by atomic mass is 19.2. The number of fused-ring (bicyclic) bond motifs is 1. The molecule has 0 fully saturated rings. The summed E-state index contributed by atoms with van der Waals surface area (Å²) in [6, 6.07) is 12.6. The van der Waals surface area contributed by atoms with Gasteiger partial charge in [0.2, 0.25) is 5.88 Å². The van der Waals surface area contributed by atoms with E-state index in [2.05, 4.69) is 9.97 Å². The maximum absolute atomic E-state index is 14.1. The van der Waals surface area contributed by atoms with Gasteiger partial charge in [0.05, 0.1) is 23.4 Å². The molecule has 0 atom stereocenters. The number of halogens is 2. The van der Waals surface area contributed by atoms with Crippen LogP contribution in [-0.4, -0.2) is 22.5 Å². The van der Waals surface area contributed by atoms with E-state index in [1.807, 2.05) is 18.2 Å². The predicted molar refractivity (Wildman–Crippen MR) is 120 cm³/mol. The zero-order chi connectivity index (χ0) is 23.7. The molecule has 1 N–H and O–H groups in total. The van der Waals surface area contributed by atoms with Gasteiger partial charge in [-0.15, -0.1) is 0 Å². The highest BCUT2D eigenvalue weighted by molar-refractivity contribution is 5.91. The molecule has 33 heavy (non-hydrogen) atoms. The highest BCUT2D eigenvalue weighted by Crippen LogP contribution is 2.35. The normalized spacial score (nSPS) is 10.9. The standard InChI is InChI=1S/C25H20F2N2O4/c1-4-32-25(31)22-14(3)28-19(12-20(22)30)16-11-15-7-5-6-8-18(15)29-24(16)33-21-10-9-17(26)23(27)13(21)2/h5-12H,4H2,1-3H3,(H,28,30). The van der Waals surface area contributed by atoms with Gasteiger partial charge in [0.15, 0.2) is 17.1 Å². The summed E-state index contributed by atoms with van der Waals surface area (Å²) in [6.45, 7) is 4.78. The number of hydrogen-bond acceptors (Lipinski definition) is 5. The number of aryl methyl sites for hydroxylation is 1. The molecule has 0 radical (unpaired) electrons. The fraction of sp³-hybridized carbons (Fsp3) is 0.160. The minimum absolute atomic E-state index is 0.0155. The number of carbonyl (C=O) groups is 1. The maximum Gasteiger partial charge on any atom is 0.343 e. The molecule has 0 amide bonds. The molecule has 0 saturated heterocycles. The van der Waals surface area contributed by atoms with Crippen LogP contribution in [0, 0.1) is 25.5 Å². The van der Waals surface area contributed by atoms with E-state index in [1.165, 1.54) is 19.1 Å². The van der Waals surface area contributed by atoms with Crippen molar-refractivity contribution in [3.8, 4) is 22.9 Å². The van der Waals surface area contributed by atoms with Gasteiger partial charge < -0.3 is 14.5 Å². The van der Waals surface area contributed by atoms with Gasteiger partial charge in [-0.05, 0) is 45.0 Å². The third kappa shape index (κ3) is 4.19. The minimum atomic E-state index is -1.02. The number of aromatic nitrogens is 2. The predicted octanol–water partition coefficient (Wildman–Crippen LogP) is 5.45. The second-order valence-electron chi connectivity index (χ2n) is 7.39. The second-order valence-corrected chi connectivity index (χ2v) is 7.39. The van der Waals surface area contributed by atoms with Crippen LogP contribution < -0.4 is 10.2 Å². The lowest BCUT2D eigenvalue weighted by molar-refractivity contribution is 0.0523. The van der Waals surface area contributed by atoms with Crippen LogP contribution in [0.25, 0.3) is 22.2 Å². The third-order valence-electron chi connectivity index (χ3n) is 5.17. The molecular formula is C25H20F2N2O4. The van der Waals surface area contributed by atoms with Crippen molar-refractivity contribution in [1.29, 1.82) is 0 Å². The molecule has 2 aromatic carbocycles. The Morgan fingerprint density at radius 3 is 2.58 bits per heavy atom. The topological polar surface area (TPSA) is 81.3 Å². The summed E-state index contributed by atoms with van der Waals surface area (Å²) < 4.78 is 38.5. The van der Waals surface area contributed by atoms with E-state index in [-0.39, 0.29) is 29.4 Å². The lowest BCUT2D eigenvalue weighted by atomic mass is 10.1. The van der Waals surface area contributed by atoms with Crippen molar-refractivity contribution in [2.45, 2.75) is 20.8 Å². The van der Waals surface area contributed by atoms with Gasteiger partial charge in [-0.2, -0.15) is 0 Å². The number of benzene rings is 2. The molecule has 168 valence electrons. The lowest BCUT2D eigenvalue weighted by Crippen LogP contribution is -2.20. The van der Waals surface area contributed by atoms with Crippen LogP contribution in [0.5, 0.6) is 11.6 Å². The molecule has 0 unspecified atom stereocenters. The molecule has 2 heterocycles. The Hall–Kier alpha value is -4.07. The summed E-state index contributed by atoms with van der Waals surface area (Å²) in [4.78, 5) is 32.5. The van der Waals surface area contributed by atoms with Crippen LogP contribution in [0.3, 0.4) is 0 Å². The summed E-state index contributed by atoms with van der Waals surface area (Å²) in [5.74, 6) is -2.55. The van der Waals surface area contributed by atoms with Crippen LogP contribution in [0.15, 0.2) is 53.3 Å². The van der Waals surface area contributed by atoms with Gasteiger partial charge in [0, 0.05) is 22.7 Å². The number of aromatic amines is 1. The molecule has 4 rings (SSSR count). The van der Waals surface area contributed by atoms with E-state index in [0.29, 0.717) is 22.5 Å². The molecule has 0 saturated carbocycles. The van der Waals surface area contributed by atoms with E-state index < -0.39 is 23.0 Å². The molecule has 6 nitrogen and oxygen atoms in total. The third-order valence-corrected chi connectivity index (χ3v) is 5.17. The monoisotopic (exact) mass is 450 g/mol. The summed E-state index contributed by atoms with van der Waals surface area (Å²) >= 11 is 0. The van der Waals surface area contributed by atoms with Gasteiger partial charge in [0.1, 0.15) is 11.3 Å². The van der Waals surface area contributed by atoms with Crippen molar-refractivity contribution in [1.82, 2.24) is 9.97 Å². The Kier molecular flexibility index (Phi) is 5.91. The Morgan fingerprint density at radius 2 is 1.85 bits per heavy atom. The average molecular weight is 450 g/mol. The molecule has 0 spiro atoms. The quantitative estimate of drug-likeness (QED) is 0.409. The van der Waals surface area contributed by atoms with Crippen LogP contribution in [0.4, 0.5) is 8.78 Å². The average Bonchev–Trinajstić information content (AvgIpc) is 2.78. The molecule has 4 aromatic rings. The fourth-order valence-electron chi connectivity index (χ4n) is 3.51. The minimum Gasteiger partial charge on any atom is -0.462 e. The molecule has 0 bridgehead atoms. The van der Waals surface area contributed by atoms with E-state index in [0.717, 1.165) is 11.5 Å². The van der Waals surface area contributed by atoms with Gasteiger partial charge in [0.25, 0.3) is 0 Å². The smallest absolute Gasteiger partial charge is 0.343 e. The molecule has 8 heteroatoms. The van der Waals surface area contributed by atoms with Gasteiger partial charge in [-0.25, -0.2) is 18.6 Å². The zero-order valence-corrected chi connectivity index (χ0v) is 18.2. The number of rotatable bonds is 5. The Morgan fingerprint density at radius 1 is 1.09 bits per heavy atom. The maximum atomic E-state index is 14.1. The number of carbonyl (C=O) groups excluding carboxylic acids is 1. The number of ether oxygens (including phenoxy) is 2. The largest absolute Gasteiger partial charge is 0.462 e. The fourth-order valence-corrected chi connectivity index (χ4v) is 3.51. The van der Waals surface area contributed by atoms with Crippen LogP contribution in [0.2, 0.25) is 0 Å². The number of H-pyrrole nitrogens is 1. The van der Waals surface area contributed by atoms with E-state index in [4.69, 9.17) is 9.47 Å². The number of esters is 1. The summed E-state index contributed by atoms with van der Waals surface area (Å²) in [7, 11) is 0. The van der Waals surface area contributed by atoms with Crippen LogP contribution in [0.1, 0.15) is 28.5 Å². The van der Waals surface area contributed by atoms with Gasteiger partial charge >= 0.3 is 5.97 Å². The van der Waals surface area contributed by atoms with Crippen molar-refractivity contribution < 1.29 is 23.0 Å². The number of hydrogen-bond donors (Lipinski definition) is 1. The van der Waals surface area contributed by atoms with Crippen molar-refractivity contribution >= 4 is 16.9 Å². The first-order valence-corrected chi connectivity index (χ1v) is 10.2. The first-order chi connectivity index (χ1) is 15.8. The number of para-hydroxylation sites is 1. The Labute approximate surface area is 187 Å². The van der Waals surface area contributed by atoms with Crippen molar-refractivity contribution in [2.75, 3.05) is 6.61 Å². The molecule has 0 aliphatic rings. The van der Waals surface area contributed by atoms with E-state index in [9.17, 15) is 18.4 Å². The van der Waals surface area contributed by atoms with Gasteiger partial charge in [-0.3, -0.25) is 4.79 Å². The van der Waals surface area contributed by atoms with Crippen LogP contribution in [-0.2, 0) is 4.74 Å². The number of nitrogens with zero attached hydrogens (tertiary/aromatic N) is 1. The lowest BCUT2D eigenvalue weighted by Gasteiger charge is -2.15. The molecular weight excluding hydrogens is 430 g/mol.